The predicted octanol–water partition coefficient (Wildman–Crippen LogP) is 12.9. The van der Waals surface area contributed by atoms with Gasteiger partial charge >= 0.3 is 0 Å². The molecular formula is C44H36. The van der Waals surface area contributed by atoms with E-state index < -0.39 is 0 Å². The minimum atomic E-state index is 0.0140. The second kappa shape index (κ2) is 8.48. The van der Waals surface area contributed by atoms with E-state index in [9.17, 15) is 0 Å². The standard InChI is InChI=1S/C44H36/c1-43(2,3)29-21-35-33-19-28-18-16-26-12-8-10-14-32(26)40(28)38-24-30(44(4,5)6)22-36(42(33)38)34-20-27-17-15-25-11-7-9-13-31(25)39(27)37(23-29)41(34)35/h7-24H,1-6H3. The average molecular weight is 565 g/mol. The number of fused-ring (bicyclic) bond motifs is 10. The lowest BCUT2D eigenvalue weighted by molar-refractivity contribution is 0.591. The first-order valence-electron chi connectivity index (χ1n) is 15.9. The molecule has 9 rings (SSSR count). The highest BCUT2D eigenvalue weighted by Crippen LogP contribution is 2.49. The zero-order valence-corrected chi connectivity index (χ0v) is 26.4. The Kier molecular flexibility index (Phi) is 4.97. The monoisotopic (exact) mass is 564 g/mol. The van der Waals surface area contributed by atoms with E-state index in [2.05, 4.69) is 151 Å². The van der Waals surface area contributed by atoms with Gasteiger partial charge in [0.05, 0.1) is 0 Å². The summed E-state index contributed by atoms with van der Waals surface area (Å²) in [4.78, 5) is 0. The number of benzene rings is 9. The molecule has 9 aromatic rings. The van der Waals surface area contributed by atoms with Crippen LogP contribution in [0.25, 0.3) is 86.2 Å². The van der Waals surface area contributed by atoms with E-state index in [1.54, 1.807) is 0 Å². The molecule has 0 aliphatic rings. The van der Waals surface area contributed by atoms with Crippen molar-refractivity contribution in [3.63, 3.8) is 0 Å². The lowest BCUT2D eigenvalue weighted by Crippen LogP contribution is -2.12. The molecule has 0 N–H and O–H groups in total. The molecule has 0 heteroatoms. The van der Waals surface area contributed by atoms with E-state index in [0.717, 1.165) is 0 Å². The third-order valence-electron chi connectivity index (χ3n) is 10.2. The summed E-state index contributed by atoms with van der Waals surface area (Å²) < 4.78 is 0. The van der Waals surface area contributed by atoms with Crippen LogP contribution in [-0.2, 0) is 10.8 Å². The Morgan fingerprint density at radius 2 is 0.636 bits per heavy atom. The number of hydrogen-bond donors (Lipinski definition) is 0. The van der Waals surface area contributed by atoms with Crippen molar-refractivity contribution in [1.29, 1.82) is 0 Å². The molecule has 0 radical (unpaired) electrons. The Hall–Kier alpha value is -4.68. The van der Waals surface area contributed by atoms with Gasteiger partial charge in [-0.2, -0.15) is 0 Å². The van der Waals surface area contributed by atoms with Crippen molar-refractivity contribution >= 4 is 86.2 Å². The first kappa shape index (κ1) is 25.8. The second-order valence-corrected chi connectivity index (χ2v) is 15.0. The van der Waals surface area contributed by atoms with Crippen LogP contribution < -0.4 is 0 Å². The van der Waals surface area contributed by atoms with Crippen LogP contribution >= 0.6 is 0 Å². The smallest absolute Gasteiger partial charge is 0.00195 e. The van der Waals surface area contributed by atoms with E-state index in [0.29, 0.717) is 0 Å². The molecule has 0 bridgehead atoms. The summed E-state index contributed by atoms with van der Waals surface area (Å²) in [5.74, 6) is 0. The summed E-state index contributed by atoms with van der Waals surface area (Å²) in [6.07, 6.45) is 0. The van der Waals surface area contributed by atoms with Gasteiger partial charge in [0, 0.05) is 0 Å². The molecule has 0 amide bonds. The lowest BCUT2D eigenvalue weighted by atomic mass is 9.78. The third kappa shape index (κ3) is 3.46. The maximum absolute atomic E-state index is 2.51. The summed E-state index contributed by atoms with van der Waals surface area (Å²) >= 11 is 0. The lowest BCUT2D eigenvalue weighted by Gasteiger charge is -2.26. The molecule has 0 aliphatic heterocycles. The molecule has 0 aromatic heterocycles. The summed E-state index contributed by atoms with van der Waals surface area (Å²) in [6.45, 7) is 14.1. The van der Waals surface area contributed by atoms with Crippen LogP contribution in [0.2, 0.25) is 0 Å². The highest BCUT2D eigenvalue weighted by atomic mass is 14.3. The Morgan fingerprint density at radius 3 is 1.05 bits per heavy atom. The van der Waals surface area contributed by atoms with Gasteiger partial charge in [-0.25, -0.2) is 0 Å². The van der Waals surface area contributed by atoms with Crippen molar-refractivity contribution in [3.05, 3.63) is 120 Å². The fourth-order valence-corrected chi connectivity index (χ4v) is 7.85. The van der Waals surface area contributed by atoms with Gasteiger partial charge < -0.3 is 0 Å². The Balaban J connectivity index is 1.65. The Labute approximate surface area is 258 Å². The van der Waals surface area contributed by atoms with E-state index in [4.69, 9.17) is 0 Å². The molecule has 0 saturated heterocycles. The largest absolute Gasteiger partial charge is 0.0616 e. The highest BCUT2D eigenvalue weighted by Gasteiger charge is 2.24. The molecular weight excluding hydrogens is 528 g/mol. The molecule has 0 spiro atoms. The van der Waals surface area contributed by atoms with Crippen molar-refractivity contribution in [3.8, 4) is 0 Å². The fraction of sp³-hybridized carbons (Fsp3) is 0.182. The second-order valence-electron chi connectivity index (χ2n) is 15.0. The molecule has 0 saturated carbocycles. The van der Waals surface area contributed by atoms with Crippen LogP contribution in [0.15, 0.2) is 109 Å². The zero-order chi connectivity index (χ0) is 30.1. The van der Waals surface area contributed by atoms with Crippen LogP contribution in [0, 0.1) is 0 Å². The Morgan fingerprint density at radius 1 is 0.295 bits per heavy atom. The minimum absolute atomic E-state index is 0.0140. The highest BCUT2D eigenvalue weighted by molar-refractivity contribution is 6.41. The zero-order valence-electron chi connectivity index (χ0n) is 26.4. The van der Waals surface area contributed by atoms with Crippen molar-refractivity contribution in [2.24, 2.45) is 0 Å². The van der Waals surface area contributed by atoms with Crippen molar-refractivity contribution < 1.29 is 0 Å². The van der Waals surface area contributed by atoms with Gasteiger partial charge in [0.25, 0.3) is 0 Å². The predicted molar refractivity (Wildman–Crippen MR) is 195 cm³/mol. The van der Waals surface area contributed by atoms with Gasteiger partial charge in [0.15, 0.2) is 0 Å². The van der Waals surface area contributed by atoms with Gasteiger partial charge in [0.1, 0.15) is 0 Å². The fourth-order valence-electron chi connectivity index (χ4n) is 7.85. The maximum atomic E-state index is 2.51. The summed E-state index contributed by atoms with van der Waals surface area (Å²) in [6, 6.07) is 42.0. The van der Waals surface area contributed by atoms with Crippen LogP contribution in [-0.4, -0.2) is 0 Å². The maximum Gasteiger partial charge on any atom is -0.00195 e. The first-order chi connectivity index (χ1) is 21.1. The number of hydrogen-bond acceptors (Lipinski definition) is 0. The van der Waals surface area contributed by atoms with Crippen molar-refractivity contribution in [1.82, 2.24) is 0 Å². The van der Waals surface area contributed by atoms with E-state index in [1.807, 2.05) is 0 Å². The molecule has 212 valence electrons. The van der Waals surface area contributed by atoms with E-state index in [1.165, 1.54) is 97.3 Å². The van der Waals surface area contributed by atoms with Gasteiger partial charge in [-0.05, 0) is 145 Å². The van der Waals surface area contributed by atoms with Gasteiger partial charge in [0.2, 0.25) is 0 Å². The normalized spacial score (nSPS) is 13.2. The Bertz CT molecular complexity index is 2470. The quantitative estimate of drug-likeness (QED) is 0.127. The summed E-state index contributed by atoms with van der Waals surface area (Å²) in [5.41, 5.74) is 2.79. The van der Waals surface area contributed by atoms with Crippen LogP contribution in [0.5, 0.6) is 0 Å². The molecule has 0 fully saturated rings. The van der Waals surface area contributed by atoms with E-state index >= 15 is 0 Å². The van der Waals surface area contributed by atoms with Crippen molar-refractivity contribution in [2.75, 3.05) is 0 Å². The molecule has 0 nitrogen and oxygen atoms in total. The molecule has 0 aliphatic carbocycles. The van der Waals surface area contributed by atoms with Gasteiger partial charge in [-0.15, -0.1) is 0 Å². The SMILES string of the molecule is CC(C)(C)c1cc2c3cc4ccc5ccccc5c4c4cc(C(C)(C)C)cc(c5cc6ccc7ccccc7c6c(c1)c25)c34. The molecule has 0 atom stereocenters. The molecule has 9 aromatic carbocycles. The molecule has 0 heterocycles. The van der Waals surface area contributed by atoms with Gasteiger partial charge in [-0.1, -0.05) is 114 Å². The van der Waals surface area contributed by atoms with Gasteiger partial charge in [-0.3, -0.25) is 0 Å². The molecule has 0 unspecified atom stereocenters. The topological polar surface area (TPSA) is 0 Å². The minimum Gasteiger partial charge on any atom is -0.0616 e. The summed E-state index contributed by atoms with van der Waals surface area (Å²) in [5, 5.41) is 21.6. The van der Waals surface area contributed by atoms with Crippen LogP contribution in [0.4, 0.5) is 0 Å². The molecule has 44 heavy (non-hydrogen) atoms. The average Bonchev–Trinajstić information content (AvgIpc) is 3.01. The number of rotatable bonds is 0. The van der Waals surface area contributed by atoms with Crippen molar-refractivity contribution in [2.45, 2.75) is 52.4 Å². The third-order valence-corrected chi connectivity index (χ3v) is 10.2. The van der Waals surface area contributed by atoms with E-state index in [-0.39, 0.29) is 10.8 Å². The first-order valence-corrected chi connectivity index (χ1v) is 15.9. The summed E-state index contributed by atoms with van der Waals surface area (Å²) in [7, 11) is 0. The van der Waals surface area contributed by atoms with Crippen LogP contribution in [0.3, 0.4) is 0 Å². The van der Waals surface area contributed by atoms with Crippen LogP contribution in [0.1, 0.15) is 52.7 Å².